The average molecular weight is 823 g/mol. The first-order valence-electron chi connectivity index (χ1n) is 18.3. The number of aliphatic carboxylic acids is 1. The van der Waals surface area contributed by atoms with Crippen LogP contribution in [-0.2, 0) is 42.9 Å². The van der Waals surface area contributed by atoms with Gasteiger partial charge in [0.1, 0.15) is 55.4 Å². The quantitative estimate of drug-likeness (QED) is 0.0558. The van der Waals surface area contributed by atoms with Gasteiger partial charge in [-0.1, -0.05) is 48.5 Å². The van der Waals surface area contributed by atoms with Crippen LogP contribution in [0.1, 0.15) is 37.3 Å². The number of aliphatic hydroxyl groups excluding tert-OH is 6. The molecule has 2 aromatic carbocycles. The molecule has 21 nitrogen and oxygen atoms in total. The van der Waals surface area contributed by atoms with Gasteiger partial charge >= 0.3 is 12.1 Å². The summed E-state index contributed by atoms with van der Waals surface area (Å²) in [5, 5.41) is 79.7. The van der Waals surface area contributed by atoms with Crippen molar-refractivity contribution >= 4 is 29.8 Å². The minimum atomic E-state index is -1.80. The molecular weight excluding hydrogens is 772 g/mol. The molecule has 320 valence electrons. The van der Waals surface area contributed by atoms with Crippen molar-refractivity contribution < 1.29 is 83.4 Å². The summed E-state index contributed by atoms with van der Waals surface area (Å²) in [6, 6.07) is 11.9. The van der Waals surface area contributed by atoms with Gasteiger partial charge in [-0.2, -0.15) is 0 Å². The zero-order valence-corrected chi connectivity index (χ0v) is 31.6. The van der Waals surface area contributed by atoms with Crippen molar-refractivity contribution in [2.24, 2.45) is 0 Å². The van der Waals surface area contributed by atoms with Gasteiger partial charge in [-0.3, -0.25) is 14.4 Å². The Morgan fingerprint density at radius 2 is 1.45 bits per heavy atom. The number of hydrogen-bond donors (Lipinski definition) is 11. The van der Waals surface area contributed by atoms with Crippen LogP contribution in [0.25, 0.3) is 11.1 Å². The highest BCUT2D eigenvalue weighted by atomic mass is 16.7. The van der Waals surface area contributed by atoms with Crippen LogP contribution in [0, 0.1) is 0 Å². The van der Waals surface area contributed by atoms with Crippen LogP contribution in [-0.4, -0.2) is 167 Å². The van der Waals surface area contributed by atoms with Gasteiger partial charge in [-0.15, -0.1) is 0 Å². The smallest absolute Gasteiger partial charge is 0.407 e. The Morgan fingerprint density at radius 1 is 0.828 bits per heavy atom. The van der Waals surface area contributed by atoms with E-state index in [-0.39, 0.29) is 12.5 Å². The monoisotopic (exact) mass is 822 g/mol. The third-order valence-corrected chi connectivity index (χ3v) is 9.30. The zero-order chi connectivity index (χ0) is 42.5. The number of nitrogens with one attached hydrogen (secondary N) is 4. The van der Waals surface area contributed by atoms with Crippen LogP contribution in [0.2, 0.25) is 0 Å². The molecule has 2 aliphatic rings. The Hall–Kier alpha value is -4.81. The van der Waals surface area contributed by atoms with Crippen molar-refractivity contribution in [3.05, 3.63) is 59.7 Å². The lowest BCUT2D eigenvalue weighted by molar-refractivity contribution is -0.317. The second-order valence-corrected chi connectivity index (χ2v) is 13.5. The highest BCUT2D eigenvalue weighted by Crippen LogP contribution is 2.44. The molecule has 58 heavy (non-hydrogen) atoms. The van der Waals surface area contributed by atoms with Crippen molar-refractivity contribution in [2.75, 3.05) is 39.6 Å². The maximum atomic E-state index is 13.2. The fourth-order valence-electron chi connectivity index (χ4n) is 6.62. The number of amides is 4. The number of fused-ring (bicyclic) bond motifs is 3. The second-order valence-electron chi connectivity index (χ2n) is 13.5. The summed E-state index contributed by atoms with van der Waals surface area (Å²) < 4.78 is 27.9. The molecule has 1 aliphatic heterocycles. The summed E-state index contributed by atoms with van der Waals surface area (Å²) >= 11 is 0. The summed E-state index contributed by atoms with van der Waals surface area (Å²) in [4.78, 5) is 62.0. The van der Waals surface area contributed by atoms with Crippen molar-refractivity contribution in [3.8, 4) is 11.1 Å². The van der Waals surface area contributed by atoms with Gasteiger partial charge in [0.05, 0.1) is 39.4 Å². The van der Waals surface area contributed by atoms with E-state index in [2.05, 4.69) is 21.3 Å². The summed E-state index contributed by atoms with van der Waals surface area (Å²) in [6.45, 7) is -1.82. The molecule has 0 radical (unpaired) electrons. The molecule has 1 fully saturated rings. The molecule has 10 atom stereocenters. The standard InChI is InChI=1S/C37H50N4O17/c1-18(46)38-12-30(55-26(13-42)27(14-43)56-36-32(39-19(2)47)33(50)34(28(15-44)57-36)58-31(49)16-45)41-29(48)11-25(35(51)52)40-37(53)54-17-24-22-9-5-3-7-20(22)21-8-4-6-10-23(21)24/h3-10,24-28,30-34,36,42-45,49-50H,11-17H2,1-2H3,(H,38,46)(H,39,47)(H,40,53)(H,41,48)(H,51,52)/t25?,26?,27-,28?,30+,31-,32?,33?,34+,36+/m0/s1. The molecule has 1 heterocycles. The van der Waals surface area contributed by atoms with E-state index in [1.165, 1.54) is 0 Å². The number of carboxylic acids is 1. The van der Waals surface area contributed by atoms with E-state index in [1.807, 2.05) is 48.5 Å². The first kappa shape index (κ1) is 45.9. The normalized spacial score (nSPS) is 22.6. The maximum absolute atomic E-state index is 13.2. The van der Waals surface area contributed by atoms with Gasteiger partial charge in [0.25, 0.3) is 0 Å². The lowest BCUT2D eigenvalue weighted by Crippen LogP contribution is -2.66. The number of carbonyl (C=O) groups is 5. The second kappa shape index (κ2) is 21.8. The molecule has 1 aliphatic carbocycles. The van der Waals surface area contributed by atoms with E-state index >= 15 is 0 Å². The predicted octanol–water partition coefficient (Wildman–Crippen LogP) is -3.02. The third-order valence-electron chi connectivity index (χ3n) is 9.30. The topological polar surface area (TPSA) is 321 Å². The predicted molar refractivity (Wildman–Crippen MR) is 196 cm³/mol. The largest absolute Gasteiger partial charge is 0.480 e. The summed E-state index contributed by atoms with van der Waals surface area (Å²) in [5.41, 5.74) is 3.81. The third kappa shape index (κ3) is 12.1. The minimum Gasteiger partial charge on any atom is -0.480 e. The van der Waals surface area contributed by atoms with Crippen LogP contribution in [0.5, 0.6) is 0 Å². The Morgan fingerprint density at radius 3 is 1.98 bits per heavy atom. The van der Waals surface area contributed by atoms with Crippen molar-refractivity contribution in [2.45, 2.75) is 87.6 Å². The van der Waals surface area contributed by atoms with E-state index in [0.717, 1.165) is 36.1 Å². The first-order valence-corrected chi connectivity index (χ1v) is 18.3. The number of rotatable bonds is 21. The Labute approximate surface area is 332 Å². The van der Waals surface area contributed by atoms with Gasteiger partial charge in [0.15, 0.2) is 12.6 Å². The molecule has 0 saturated carbocycles. The number of hydrogen-bond acceptors (Lipinski definition) is 16. The van der Waals surface area contributed by atoms with E-state index in [9.17, 15) is 59.7 Å². The molecule has 5 unspecified atom stereocenters. The molecular formula is C37H50N4O17. The molecule has 0 spiro atoms. The zero-order valence-electron chi connectivity index (χ0n) is 31.6. The van der Waals surface area contributed by atoms with Crippen LogP contribution in [0.15, 0.2) is 48.5 Å². The fourth-order valence-corrected chi connectivity index (χ4v) is 6.62. The van der Waals surface area contributed by atoms with Gasteiger partial charge in [-0.25, -0.2) is 9.59 Å². The Bertz CT molecular complexity index is 1670. The molecule has 21 heteroatoms. The maximum Gasteiger partial charge on any atom is 0.407 e. The fraction of sp³-hybridized carbons (Fsp3) is 0.541. The summed E-state index contributed by atoms with van der Waals surface area (Å²) in [6.07, 6.45) is -14.7. The number of benzene rings is 2. The van der Waals surface area contributed by atoms with Crippen molar-refractivity contribution in [3.63, 3.8) is 0 Å². The van der Waals surface area contributed by atoms with Gasteiger partial charge in [-0.05, 0) is 22.3 Å². The Kier molecular flexibility index (Phi) is 17.3. The number of alkyl carbamates (subject to hydrolysis) is 1. The van der Waals surface area contributed by atoms with E-state index < -0.39 is 131 Å². The van der Waals surface area contributed by atoms with Gasteiger partial charge in [0.2, 0.25) is 17.7 Å². The lowest BCUT2D eigenvalue weighted by atomic mass is 9.96. The number of aliphatic hydroxyl groups is 6. The first-order chi connectivity index (χ1) is 27.7. The van der Waals surface area contributed by atoms with Gasteiger partial charge in [0, 0.05) is 19.8 Å². The van der Waals surface area contributed by atoms with Crippen molar-refractivity contribution in [1.29, 1.82) is 0 Å². The van der Waals surface area contributed by atoms with Crippen LogP contribution >= 0.6 is 0 Å². The Balaban J connectivity index is 1.41. The molecule has 0 bridgehead atoms. The minimum absolute atomic E-state index is 0.125. The van der Waals surface area contributed by atoms with E-state index in [0.29, 0.717) is 0 Å². The number of ether oxygens (including phenoxy) is 5. The van der Waals surface area contributed by atoms with Crippen LogP contribution in [0.3, 0.4) is 0 Å². The average Bonchev–Trinajstić information content (AvgIpc) is 3.52. The number of carbonyl (C=O) groups excluding carboxylic acids is 4. The van der Waals surface area contributed by atoms with E-state index in [1.54, 1.807) is 0 Å². The van der Waals surface area contributed by atoms with Crippen LogP contribution < -0.4 is 21.3 Å². The molecule has 2 aromatic rings. The van der Waals surface area contributed by atoms with Crippen molar-refractivity contribution in [1.82, 2.24) is 21.3 Å². The van der Waals surface area contributed by atoms with E-state index in [4.69, 9.17) is 23.7 Å². The summed E-state index contributed by atoms with van der Waals surface area (Å²) in [5.74, 6) is -4.15. The summed E-state index contributed by atoms with van der Waals surface area (Å²) in [7, 11) is 0. The molecule has 0 aromatic heterocycles. The van der Waals surface area contributed by atoms with Gasteiger partial charge < -0.3 is 80.7 Å². The SMILES string of the molecule is CC(=O)NC[C@H](NC(=O)CC(NC(=O)OCC1c2ccccc2-c2ccccc21)C(=O)O)OC(CO)[C@H](CO)O[C@@H]1OC(CO)[C@@H](O[C@H](O)CO)C(O)C1NC(C)=O. The lowest BCUT2D eigenvalue weighted by Gasteiger charge is -2.45. The molecule has 1 saturated heterocycles. The highest BCUT2D eigenvalue weighted by Gasteiger charge is 2.49. The highest BCUT2D eigenvalue weighted by molar-refractivity contribution is 5.87. The molecule has 11 N–H and O–H groups in total. The number of carboxylic acid groups (broad SMARTS) is 1. The van der Waals surface area contributed by atoms with Crippen LogP contribution in [0.4, 0.5) is 4.79 Å². The molecule has 4 rings (SSSR count). The molecule has 4 amide bonds.